The van der Waals surface area contributed by atoms with Gasteiger partial charge in [-0.1, -0.05) is 24.3 Å². The fourth-order valence-corrected chi connectivity index (χ4v) is 1.67. The van der Waals surface area contributed by atoms with Crippen LogP contribution < -0.4 is 0 Å². The Balaban J connectivity index is 0.000000147. The third kappa shape index (κ3) is 2.98. The van der Waals surface area contributed by atoms with E-state index in [-0.39, 0.29) is 11.4 Å². The lowest BCUT2D eigenvalue weighted by atomic mass is 10.2. The average Bonchev–Trinajstić information content (AvgIpc) is 2.88. The van der Waals surface area contributed by atoms with E-state index in [4.69, 9.17) is 10.5 Å². The summed E-state index contributed by atoms with van der Waals surface area (Å²) >= 11 is 0. The molecule has 0 aliphatic heterocycles. The van der Waals surface area contributed by atoms with Gasteiger partial charge in [0.05, 0.1) is 5.52 Å². The van der Waals surface area contributed by atoms with Crippen molar-refractivity contribution < 1.29 is 0 Å². The zero-order chi connectivity index (χ0) is 14.4. The van der Waals surface area contributed by atoms with Crippen LogP contribution in [0.15, 0.2) is 42.6 Å². The van der Waals surface area contributed by atoms with E-state index in [9.17, 15) is 0 Å². The van der Waals surface area contributed by atoms with Crippen molar-refractivity contribution in [2.45, 2.75) is 6.92 Å². The van der Waals surface area contributed by atoms with Crippen molar-refractivity contribution in [3.05, 3.63) is 59.8 Å². The van der Waals surface area contributed by atoms with E-state index in [2.05, 4.69) is 27.1 Å². The maximum atomic E-state index is 8.39. The smallest absolute Gasteiger partial charge is 0.176 e. The standard InChI is InChI=1S/C9H7N.C6H4N4/c1-2-6-9-8(4-1)5-3-7-10-9;1-4-9-5(2-7)6(3-8)10-4/h1-7H;1H3,(H,9,10). The summed E-state index contributed by atoms with van der Waals surface area (Å²) in [5.74, 6) is 0.591. The Bertz CT molecular complexity index is 708. The first-order valence-corrected chi connectivity index (χ1v) is 5.91. The van der Waals surface area contributed by atoms with E-state index in [0.29, 0.717) is 5.82 Å². The number of imidazole rings is 1. The number of nitriles is 2. The number of hydrogen-bond donors (Lipinski definition) is 1. The summed E-state index contributed by atoms with van der Waals surface area (Å²) in [7, 11) is 0. The van der Waals surface area contributed by atoms with Gasteiger partial charge in [-0.2, -0.15) is 10.5 Å². The number of nitrogens with one attached hydrogen (secondary N) is 1. The van der Waals surface area contributed by atoms with Crippen molar-refractivity contribution in [1.82, 2.24) is 15.0 Å². The first kappa shape index (κ1) is 13.3. The van der Waals surface area contributed by atoms with Gasteiger partial charge in [0, 0.05) is 11.6 Å². The summed E-state index contributed by atoms with van der Waals surface area (Å²) in [6, 6.07) is 15.7. The molecule has 2 aromatic heterocycles. The fourth-order valence-electron chi connectivity index (χ4n) is 1.67. The molecule has 0 saturated carbocycles. The SMILES string of the molecule is Cc1nc(C#N)c(C#N)[nH]1.c1ccc2ncccc2c1. The predicted octanol–water partition coefficient (Wildman–Crippen LogP) is 2.70. The highest BCUT2D eigenvalue weighted by atomic mass is 14.9. The third-order valence-corrected chi connectivity index (χ3v) is 2.55. The molecule has 1 aromatic carbocycles. The van der Waals surface area contributed by atoms with Gasteiger partial charge < -0.3 is 4.98 Å². The number of para-hydroxylation sites is 1. The highest BCUT2D eigenvalue weighted by Crippen LogP contribution is 2.07. The molecular weight excluding hydrogens is 250 g/mol. The Labute approximate surface area is 116 Å². The zero-order valence-corrected chi connectivity index (χ0v) is 10.8. The maximum absolute atomic E-state index is 8.39. The number of pyridine rings is 1. The van der Waals surface area contributed by atoms with Gasteiger partial charge in [0.25, 0.3) is 0 Å². The molecular formula is C15H11N5. The topological polar surface area (TPSA) is 89.1 Å². The highest BCUT2D eigenvalue weighted by molar-refractivity contribution is 5.77. The van der Waals surface area contributed by atoms with Crippen LogP contribution in [0.4, 0.5) is 0 Å². The molecule has 0 aliphatic carbocycles. The minimum atomic E-state index is 0.167. The molecule has 0 atom stereocenters. The number of hydrogen-bond acceptors (Lipinski definition) is 4. The number of rotatable bonds is 0. The van der Waals surface area contributed by atoms with Crippen molar-refractivity contribution in [2.24, 2.45) is 0 Å². The minimum Gasteiger partial charge on any atom is -0.333 e. The number of fused-ring (bicyclic) bond motifs is 1. The van der Waals surface area contributed by atoms with Gasteiger partial charge in [-0.25, -0.2) is 4.98 Å². The molecule has 3 rings (SSSR count). The maximum Gasteiger partial charge on any atom is 0.176 e. The molecule has 0 aliphatic rings. The van der Waals surface area contributed by atoms with Crippen LogP contribution in [0.1, 0.15) is 17.2 Å². The Hall–Kier alpha value is -3.18. The van der Waals surface area contributed by atoms with Crippen molar-refractivity contribution >= 4 is 10.9 Å². The second kappa shape index (κ2) is 6.12. The summed E-state index contributed by atoms with van der Waals surface area (Å²) in [4.78, 5) is 10.6. The first-order valence-electron chi connectivity index (χ1n) is 5.91. The van der Waals surface area contributed by atoms with Gasteiger partial charge in [0.15, 0.2) is 11.4 Å². The number of aromatic nitrogens is 3. The average molecular weight is 261 g/mol. The number of H-pyrrole nitrogens is 1. The predicted molar refractivity (Wildman–Crippen MR) is 74.5 cm³/mol. The molecule has 96 valence electrons. The molecule has 1 N–H and O–H groups in total. The number of aryl methyl sites for hydroxylation is 1. The van der Waals surface area contributed by atoms with Crippen LogP contribution in [0.25, 0.3) is 10.9 Å². The molecule has 0 spiro atoms. The molecule has 2 heterocycles. The monoisotopic (exact) mass is 261 g/mol. The molecule has 0 bridgehead atoms. The van der Waals surface area contributed by atoms with Gasteiger partial charge in [-0.15, -0.1) is 0 Å². The first-order chi connectivity index (χ1) is 9.74. The quantitative estimate of drug-likeness (QED) is 0.673. The molecule has 5 nitrogen and oxygen atoms in total. The molecule has 5 heteroatoms. The van der Waals surface area contributed by atoms with Gasteiger partial charge in [-0.05, 0) is 19.1 Å². The Morgan fingerprint density at radius 3 is 2.45 bits per heavy atom. The van der Waals surface area contributed by atoms with Crippen molar-refractivity contribution in [3.8, 4) is 12.1 Å². The van der Waals surface area contributed by atoms with Crippen LogP contribution in [0.3, 0.4) is 0 Å². The molecule has 20 heavy (non-hydrogen) atoms. The fraction of sp³-hybridized carbons (Fsp3) is 0.0667. The molecule has 0 amide bonds. The van der Waals surface area contributed by atoms with E-state index < -0.39 is 0 Å². The van der Waals surface area contributed by atoms with E-state index in [1.54, 1.807) is 13.0 Å². The van der Waals surface area contributed by atoms with Crippen LogP contribution in [-0.2, 0) is 0 Å². The largest absolute Gasteiger partial charge is 0.333 e. The van der Waals surface area contributed by atoms with Crippen molar-refractivity contribution in [2.75, 3.05) is 0 Å². The summed E-state index contributed by atoms with van der Waals surface area (Å²) in [5, 5.41) is 18.0. The second-order valence-electron chi connectivity index (χ2n) is 3.97. The van der Waals surface area contributed by atoms with Crippen molar-refractivity contribution in [3.63, 3.8) is 0 Å². The molecule has 0 radical (unpaired) electrons. The van der Waals surface area contributed by atoms with Gasteiger partial charge in [-0.3, -0.25) is 4.98 Å². The lowest BCUT2D eigenvalue weighted by molar-refractivity contribution is 1.14. The van der Waals surface area contributed by atoms with Crippen LogP contribution in [-0.4, -0.2) is 15.0 Å². The van der Waals surface area contributed by atoms with Crippen molar-refractivity contribution in [1.29, 1.82) is 10.5 Å². The summed E-state index contributed by atoms with van der Waals surface area (Å²) in [6.45, 7) is 1.70. The highest BCUT2D eigenvalue weighted by Gasteiger charge is 2.04. The molecule has 0 fully saturated rings. The third-order valence-electron chi connectivity index (χ3n) is 2.55. The summed E-state index contributed by atoms with van der Waals surface area (Å²) in [6.07, 6.45) is 1.81. The normalized spacial score (nSPS) is 9.15. The Morgan fingerprint density at radius 1 is 1.05 bits per heavy atom. The summed E-state index contributed by atoms with van der Waals surface area (Å²) < 4.78 is 0. The Morgan fingerprint density at radius 2 is 1.80 bits per heavy atom. The minimum absolute atomic E-state index is 0.167. The number of nitrogens with zero attached hydrogens (tertiary/aromatic N) is 4. The molecule has 3 aromatic rings. The van der Waals surface area contributed by atoms with Crippen LogP contribution in [0, 0.1) is 29.6 Å². The van der Waals surface area contributed by atoms with Crippen LogP contribution in [0.5, 0.6) is 0 Å². The number of benzene rings is 1. The Kier molecular flexibility index (Phi) is 4.06. The molecule has 0 saturated heterocycles. The van der Waals surface area contributed by atoms with E-state index >= 15 is 0 Å². The lowest BCUT2D eigenvalue weighted by Crippen LogP contribution is -1.77. The van der Waals surface area contributed by atoms with E-state index in [0.717, 1.165) is 5.52 Å². The van der Waals surface area contributed by atoms with E-state index in [1.165, 1.54) is 5.39 Å². The van der Waals surface area contributed by atoms with Gasteiger partial charge >= 0.3 is 0 Å². The van der Waals surface area contributed by atoms with Crippen LogP contribution in [0.2, 0.25) is 0 Å². The second-order valence-corrected chi connectivity index (χ2v) is 3.97. The zero-order valence-electron chi connectivity index (χ0n) is 10.8. The molecule has 0 unspecified atom stereocenters. The van der Waals surface area contributed by atoms with Gasteiger partial charge in [0.1, 0.15) is 18.0 Å². The lowest BCUT2D eigenvalue weighted by Gasteiger charge is -1.91. The van der Waals surface area contributed by atoms with E-state index in [1.807, 2.05) is 36.5 Å². The van der Waals surface area contributed by atoms with Gasteiger partial charge in [0.2, 0.25) is 0 Å². The number of aromatic amines is 1. The van der Waals surface area contributed by atoms with Crippen LogP contribution >= 0.6 is 0 Å². The summed E-state index contributed by atoms with van der Waals surface area (Å²) in [5.41, 5.74) is 1.46.